The summed E-state index contributed by atoms with van der Waals surface area (Å²) in [5.74, 6) is 1.79. The van der Waals surface area contributed by atoms with Crippen LogP contribution >= 0.6 is 0 Å². The minimum atomic E-state index is 0.560. The topological polar surface area (TPSA) is 66.3 Å². The monoisotopic (exact) mass is 881 g/mol. The van der Waals surface area contributed by atoms with Crippen LogP contribution in [0.15, 0.2) is 237 Å². The molecule has 0 amide bonds. The molecule has 7 nitrogen and oxygen atoms in total. The van der Waals surface area contributed by atoms with Gasteiger partial charge in [0.05, 0.1) is 44.5 Å². The Bertz CT molecular complexity index is 4240. The molecule has 0 unspecified atom stereocenters. The van der Waals surface area contributed by atoms with Crippen molar-refractivity contribution in [2.45, 2.75) is 0 Å². The zero-order chi connectivity index (χ0) is 45.4. The first-order valence-corrected chi connectivity index (χ1v) is 23.2. The summed E-state index contributed by atoms with van der Waals surface area (Å²) in [6.45, 7) is 0. The van der Waals surface area contributed by atoms with E-state index in [1.807, 2.05) is 60.7 Å². The minimum absolute atomic E-state index is 0.560. The molecule has 0 saturated carbocycles. The van der Waals surface area contributed by atoms with E-state index in [1.165, 1.54) is 32.6 Å². The molecule has 14 rings (SSSR count). The standard InChI is InChI=1S/C62H39N7/c1-4-18-40(19-5-1)60-64-61(41-20-6-2-7-21-41)66-62(65-60)69-55-33-15-12-28-49(55)58-57(69)37-35-48-46-26-10-14-32-54(46)68(59(48)58)45-25-16-22-42(38-45)51-29-17-30-52(63-51)43-34-36-56-50(39-43)47-27-11-13-31-53(47)67(56)44-23-8-3-9-24-44/h1-39H. The molecule has 0 spiro atoms. The van der Waals surface area contributed by atoms with Gasteiger partial charge in [-0.2, -0.15) is 9.97 Å². The van der Waals surface area contributed by atoms with E-state index < -0.39 is 0 Å². The third-order valence-electron chi connectivity index (χ3n) is 13.5. The van der Waals surface area contributed by atoms with Crippen molar-refractivity contribution in [2.24, 2.45) is 0 Å². The lowest BCUT2D eigenvalue weighted by molar-refractivity contribution is 0.953. The summed E-state index contributed by atoms with van der Waals surface area (Å²) in [6, 6.07) is 83.2. The number of rotatable bonds is 7. The van der Waals surface area contributed by atoms with Gasteiger partial charge in [0.15, 0.2) is 11.6 Å². The number of nitrogens with zero attached hydrogens (tertiary/aromatic N) is 7. The summed E-state index contributed by atoms with van der Waals surface area (Å²) in [4.78, 5) is 20.8. The summed E-state index contributed by atoms with van der Waals surface area (Å²) >= 11 is 0. The number of aromatic nitrogens is 7. The van der Waals surface area contributed by atoms with Crippen molar-refractivity contribution in [3.8, 4) is 62.6 Å². The number of pyridine rings is 1. The summed E-state index contributed by atoms with van der Waals surface area (Å²) in [5.41, 5.74) is 14.6. The number of fused-ring (bicyclic) bond motifs is 10. The van der Waals surface area contributed by atoms with Gasteiger partial charge in [-0.15, -0.1) is 0 Å². The van der Waals surface area contributed by atoms with Gasteiger partial charge in [-0.05, 0) is 72.8 Å². The van der Waals surface area contributed by atoms with Crippen molar-refractivity contribution < 1.29 is 0 Å². The molecule has 0 aliphatic rings. The summed E-state index contributed by atoms with van der Waals surface area (Å²) in [7, 11) is 0. The molecule has 9 aromatic carbocycles. The molecule has 322 valence electrons. The highest BCUT2D eigenvalue weighted by atomic mass is 15.2. The first-order chi connectivity index (χ1) is 34.2. The lowest BCUT2D eigenvalue weighted by atomic mass is 10.0. The second kappa shape index (κ2) is 15.6. The third kappa shape index (κ3) is 6.21. The number of hydrogen-bond donors (Lipinski definition) is 0. The smallest absolute Gasteiger partial charge is 0.238 e. The van der Waals surface area contributed by atoms with Crippen molar-refractivity contribution in [3.63, 3.8) is 0 Å². The Morgan fingerprint density at radius 2 is 0.754 bits per heavy atom. The lowest BCUT2D eigenvalue weighted by Crippen LogP contribution is -2.06. The Balaban J connectivity index is 0.943. The molecule has 0 aliphatic heterocycles. The van der Waals surface area contributed by atoms with E-state index in [0.29, 0.717) is 17.6 Å². The molecule has 5 aromatic heterocycles. The molecule has 0 radical (unpaired) electrons. The third-order valence-corrected chi connectivity index (χ3v) is 13.5. The Hall–Kier alpha value is -9.46. The average Bonchev–Trinajstić information content (AvgIpc) is 4.07. The molecule has 14 aromatic rings. The molecule has 0 saturated heterocycles. The molecule has 69 heavy (non-hydrogen) atoms. The van der Waals surface area contributed by atoms with Gasteiger partial charge in [0.25, 0.3) is 0 Å². The second-order valence-electron chi connectivity index (χ2n) is 17.5. The molecular weight excluding hydrogens is 843 g/mol. The summed E-state index contributed by atoms with van der Waals surface area (Å²) in [6.07, 6.45) is 0. The van der Waals surface area contributed by atoms with E-state index in [4.69, 9.17) is 19.9 Å². The molecule has 0 bridgehead atoms. The molecule has 0 N–H and O–H groups in total. The molecule has 0 aliphatic carbocycles. The van der Waals surface area contributed by atoms with Crippen LogP contribution in [-0.2, 0) is 0 Å². The largest absolute Gasteiger partial charge is 0.309 e. The zero-order valence-corrected chi connectivity index (χ0v) is 37.1. The Morgan fingerprint density at radius 1 is 0.261 bits per heavy atom. The van der Waals surface area contributed by atoms with Crippen LogP contribution in [0, 0.1) is 0 Å². The Morgan fingerprint density at radius 3 is 1.43 bits per heavy atom. The fraction of sp³-hybridized carbons (Fsp3) is 0. The van der Waals surface area contributed by atoms with Gasteiger partial charge < -0.3 is 9.13 Å². The van der Waals surface area contributed by atoms with Crippen molar-refractivity contribution in [1.82, 2.24) is 33.6 Å². The highest BCUT2D eigenvalue weighted by molar-refractivity contribution is 6.26. The van der Waals surface area contributed by atoms with Crippen LogP contribution in [0.5, 0.6) is 0 Å². The van der Waals surface area contributed by atoms with Gasteiger partial charge in [0.1, 0.15) is 0 Å². The molecular formula is C62H39N7. The van der Waals surface area contributed by atoms with E-state index in [-0.39, 0.29) is 0 Å². The van der Waals surface area contributed by atoms with Crippen LogP contribution in [0.4, 0.5) is 0 Å². The van der Waals surface area contributed by atoms with Gasteiger partial charge in [-0.3, -0.25) is 4.57 Å². The highest BCUT2D eigenvalue weighted by Crippen LogP contribution is 2.43. The van der Waals surface area contributed by atoms with E-state index in [0.717, 1.165) is 77.9 Å². The minimum Gasteiger partial charge on any atom is -0.309 e. The first-order valence-electron chi connectivity index (χ1n) is 23.2. The van der Waals surface area contributed by atoms with E-state index in [2.05, 4.69) is 190 Å². The normalized spacial score (nSPS) is 11.8. The first kappa shape index (κ1) is 38.8. The summed E-state index contributed by atoms with van der Waals surface area (Å²) in [5, 5.41) is 6.99. The van der Waals surface area contributed by atoms with E-state index >= 15 is 0 Å². The number of para-hydroxylation sites is 4. The van der Waals surface area contributed by atoms with Crippen LogP contribution in [0.2, 0.25) is 0 Å². The number of hydrogen-bond acceptors (Lipinski definition) is 4. The Kier molecular flexibility index (Phi) is 8.75. The average molecular weight is 882 g/mol. The predicted octanol–water partition coefficient (Wildman–Crippen LogP) is 15.2. The zero-order valence-electron chi connectivity index (χ0n) is 37.1. The van der Waals surface area contributed by atoms with Crippen molar-refractivity contribution in [3.05, 3.63) is 237 Å². The van der Waals surface area contributed by atoms with Gasteiger partial charge in [0, 0.05) is 65.9 Å². The molecule has 5 heterocycles. The Labute approximate surface area is 396 Å². The van der Waals surface area contributed by atoms with Gasteiger partial charge in [0.2, 0.25) is 5.95 Å². The second-order valence-corrected chi connectivity index (χ2v) is 17.5. The number of benzene rings is 9. The molecule has 0 fully saturated rings. The maximum Gasteiger partial charge on any atom is 0.238 e. The van der Waals surface area contributed by atoms with Gasteiger partial charge in [-0.25, -0.2) is 9.97 Å². The predicted molar refractivity (Wildman–Crippen MR) is 282 cm³/mol. The molecule has 0 atom stereocenters. The van der Waals surface area contributed by atoms with Crippen molar-refractivity contribution in [2.75, 3.05) is 0 Å². The van der Waals surface area contributed by atoms with Crippen LogP contribution in [0.25, 0.3) is 128 Å². The maximum absolute atomic E-state index is 5.36. The highest BCUT2D eigenvalue weighted by Gasteiger charge is 2.23. The van der Waals surface area contributed by atoms with Gasteiger partial charge >= 0.3 is 0 Å². The van der Waals surface area contributed by atoms with Crippen molar-refractivity contribution in [1.29, 1.82) is 0 Å². The SMILES string of the molecule is c1ccc(-c2nc(-c3ccccc3)nc(-n3c4ccccc4c4c3ccc3c5ccccc5n(-c5cccc(-c6cccc(-c7ccc8c(c7)c7ccccc7n8-c7ccccc7)n6)c5)c34)n2)cc1. The lowest BCUT2D eigenvalue weighted by Gasteiger charge is -2.12. The maximum atomic E-state index is 5.36. The van der Waals surface area contributed by atoms with Crippen molar-refractivity contribution >= 4 is 65.4 Å². The fourth-order valence-corrected chi connectivity index (χ4v) is 10.4. The quantitative estimate of drug-likeness (QED) is 0.160. The van der Waals surface area contributed by atoms with Crippen LogP contribution in [0.3, 0.4) is 0 Å². The molecule has 7 heteroatoms. The van der Waals surface area contributed by atoms with Crippen LogP contribution in [0.1, 0.15) is 0 Å². The van der Waals surface area contributed by atoms with Crippen LogP contribution in [-0.4, -0.2) is 33.6 Å². The fourth-order valence-electron chi connectivity index (χ4n) is 10.4. The van der Waals surface area contributed by atoms with Gasteiger partial charge in [-0.1, -0.05) is 164 Å². The summed E-state index contributed by atoms with van der Waals surface area (Å²) < 4.78 is 6.97. The van der Waals surface area contributed by atoms with Crippen LogP contribution < -0.4 is 0 Å². The van der Waals surface area contributed by atoms with E-state index in [9.17, 15) is 0 Å². The van der Waals surface area contributed by atoms with E-state index in [1.54, 1.807) is 0 Å².